The number of ether oxygens (including phenoxy) is 1. The molecule has 98 valence electrons. The summed E-state index contributed by atoms with van der Waals surface area (Å²) in [6.07, 6.45) is 4.03. The molecule has 1 aromatic carbocycles. The predicted octanol–water partition coefficient (Wildman–Crippen LogP) is 4.73. The number of benzene rings is 1. The van der Waals surface area contributed by atoms with Gasteiger partial charge in [-0.1, -0.05) is 42.8 Å². The molecule has 1 heteroatoms. The van der Waals surface area contributed by atoms with Gasteiger partial charge < -0.3 is 4.74 Å². The summed E-state index contributed by atoms with van der Waals surface area (Å²) in [6, 6.07) is 10.5. The van der Waals surface area contributed by atoms with Crippen molar-refractivity contribution in [1.29, 1.82) is 0 Å². The minimum Gasteiger partial charge on any atom is -0.369 e. The summed E-state index contributed by atoms with van der Waals surface area (Å²) in [7, 11) is 0. The lowest BCUT2D eigenvalue weighted by Crippen LogP contribution is -2.25. The topological polar surface area (TPSA) is 9.23 Å². The third-order valence-electron chi connectivity index (χ3n) is 3.85. The van der Waals surface area contributed by atoms with Crippen LogP contribution in [0, 0.1) is 5.92 Å². The molecular formula is C17H24O. The van der Waals surface area contributed by atoms with Crippen molar-refractivity contribution in [1.82, 2.24) is 0 Å². The molecule has 1 aliphatic rings. The summed E-state index contributed by atoms with van der Waals surface area (Å²) >= 11 is 0. The monoisotopic (exact) mass is 244 g/mol. The van der Waals surface area contributed by atoms with Crippen LogP contribution in [0.3, 0.4) is 0 Å². The summed E-state index contributed by atoms with van der Waals surface area (Å²) < 4.78 is 6.16. The molecule has 1 fully saturated rings. The van der Waals surface area contributed by atoms with Gasteiger partial charge in [-0.15, -0.1) is 0 Å². The molecule has 1 aromatic rings. The maximum absolute atomic E-state index is 6.16. The Kier molecular flexibility index (Phi) is 4.60. The summed E-state index contributed by atoms with van der Waals surface area (Å²) in [5, 5.41) is 0. The second kappa shape index (κ2) is 6.19. The maximum atomic E-state index is 6.16. The van der Waals surface area contributed by atoms with E-state index in [1.165, 1.54) is 36.0 Å². The molecule has 1 aliphatic carbocycles. The van der Waals surface area contributed by atoms with Crippen LogP contribution in [0.2, 0.25) is 0 Å². The van der Waals surface area contributed by atoms with Crippen molar-refractivity contribution in [3.8, 4) is 0 Å². The van der Waals surface area contributed by atoms with E-state index < -0.39 is 0 Å². The lowest BCUT2D eigenvalue weighted by atomic mass is 9.83. The lowest BCUT2D eigenvalue weighted by Gasteiger charge is -2.31. The van der Waals surface area contributed by atoms with Crippen molar-refractivity contribution < 1.29 is 4.74 Å². The quantitative estimate of drug-likeness (QED) is 0.698. The fourth-order valence-corrected chi connectivity index (χ4v) is 2.70. The van der Waals surface area contributed by atoms with E-state index in [2.05, 4.69) is 45.0 Å². The van der Waals surface area contributed by atoms with Gasteiger partial charge in [-0.3, -0.25) is 0 Å². The highest BCUT2D eigenvalue weighted by Gasteiger charge is 2.24. The fraction of sp³-hybridized carbons (Fsp3) is 0.529. The van der Waals surface area contributed by atoms with Crippen molar-refractivity contribution in [2.24, 2.45) is 5.92 Å². The smallest absolute Gasteiger partial charge is 0.0794 e. The normalized spacial score (nSPS) is 24.1. The second-order valence-corrected chi connectivity index (χ2v) is 5.69. The van der Waals surface area contributed by atoms with E-state index in [-0.39, 0.29) is 0 Å². The summed E-state index contributed by atoms with van der Waals surface area (Å²) in [6.45, 7) is 7.49. The first-order chi connectivity index (χ1) is 8.66. The van der Waals surface area contributed by atoms with Crippen LogP contribution >= 0.6 is 0 Å². The molecule has 0 spiro atoms. The molecule has 0 bridgehead atoms. The van der Waals surface area contributed by atoms with Gasteiger partial charge in [0.2, 0.25) is 0 Å². The van der Waals surface area contributed by atoms with Gasteiger partial charge in [0.25, 0.3) is 0 Å². The summed E-state index contributed by atoms with van der Waals surface area (Å²) in [5.74, 6) is 0.786. The Morgan fingerprint density at radius 2 is 1.94 bits per heavy atom. The van der Waals surface area contributed by atoms with Crippen LogP contribution in [0.5, 0.6) is 0 Å². The van der Waals surface area contributed by atoms with Gasteiger partial charge in [0.1, 0.15) is 0 Å². The average molecular weight is 244 g/mol. The van der Waals surface area contributed by atoms with Gasteiger partial charge in [-0.2, -0.15) is 0 Å². The van der Waals surface area contributed by atoms with Crippen LogP contribution in [0.25, 0.3) is 0 Å². The van der Waals surface area contributed by atoms with E-state index in [1.807, 2.05) is 6.07 Å². The minimum atomic E-state index is 0.332. The molecule has 0 aromatic heterocycles. The van der Waals surface area contributed by atoms with Gasteiger partial charge in [-0.05, 0) is 50.2 Å². The van der Waals surface area contributed by atoms with Crippen molar-refractivity contribution in [3.05, 3.63) is 47.0 Å². The molecule has 1 nitrogen and oxygen atoms in total. The highest BCUT2D eigenvalue weighted by Crippen LogP contribution is 2.32. The SMILES string of the molecule is CC(C)=C1CCC(C)CC1OCc1ccccc1. The van der Waals surface area contributed by atoms with Crippen LogP contribution in [0.15, 0.2) is 41.5 Å². The van der Waals surface area contributed by atoms with Crippen molar-refractivity contribution in [3.63, 3.8) is 0 Å². The van der Waals surface area contributed by atoms with E-state index in [0.29, 0.717) is 6.10 Å². The van der Waals surface area contributed by atoms with Gasteiger partial charge in [0, 0.05) is 0 Å². The van der Waals surface area contributed by atoms with E-state index >= 15 is 0 Å². The zero-order valence-electron chi connectivity index (χ0n) is 11.8. The highest BCUT2D eigenvalue weighted by molar-refractivity contribution is 5.18. The maximum Gasteiger partial charge on any atom is 0.0794 e. The summed E-state index contributed by atoms with van der Waals surface area (Å²) in [4.78, 5) is 0. The molecule has 2 atom stereocenters. The van der Waals surface area contributed by atoms with Gasteiger partial charge in [0.05, 0.1) is 12.7 Å². The van der Waals surface area contributed by atoms with Crippen molar-refractivity contribution in [2.75, 3.05) is 0 Å². The van der Waals surface area contributed by atoms with E-state index in [0.717, 1.165) is 12.5 Å². The molecule has 0 saturated heterocycles. The summed E-state index contributed by atoms with van der Waals surface area (Å²) in [5.41, 5.74) is 4.24. The second-order valence-electron chi connectivity index (χ2n) is 5.69. The van der Waals surface area contributed by atoms with Gasteiger partial charge in [-0.25, -0.2) is 0 Å². The minimum absolute atomic E-state index is 0.332. The third-order valence-corrected chi connectivity index (χ3v) is 3.85. The molecule has 1 saturated carbocycles. The Labute approximate surface area is 111 Å². The van der Waals surface area contributed by atoms with Crippen LogP contribution in [0.4, 0.5) is 0 Å². The molecule has 2 rings (SSSR count). The first-order valence-corrected chi connectivity index (χ1v) is 6.98. The lowest BCUT2D eigenvalue weighted by molar-refractivity contribution is 0.0360. The Morgan fingerprint density at radius 1 is 1.22 bits per heavy atom. The predicted molar refractivity (Wildman–Crippen MR) is 76.4 cm³/mol. The molecule has 0 radical (unpaired) electrons. The number of hydrogen-bond acceptors (Lipinski definition) is 1. The molecule has 0 heterocycles. The number of hydrogen-bond donors (Lipinski definition) is 0. The zero-order chi connectivity index (χ0) is 13.0. The molecule has 2 unspecified atom stereocenters. The Balaban J connectivity index is 1.99. The Morgan fingerprint density at radius 3 is 2.61 bits per heavy atom. The first kappa shape index (κ1) is 13.4. The molecular weight excluding hydrogens is 220 g/mol. The fourth-order valence-electron chi connectivity index (χ4n) is 2.70. The Bertz CT molecular complexity index is 401. The zero-order valence-corrected chi connectivity index (χ0v) is 11.8. The van der Waals surface area contributed by atoms with Gasteiger partial charge >= 0.3 is 0 Å². The van der Waals surface area contributed by atoms with Crippen molar-refractivity contribution in [2.45, 2.75) is 52.7 Å². The van der Waals surface area contributed by atoms with E-state index in [9.17, 15) is 0 Å². The largest absolute Gasteiger partial charge is 0.369 e. The third kappa shape index (κ3) is 3.46. The van der Waals surface area contributed by atoms with E-state index in [1.54, 1.807) is 0 Å². The average Bonchev–Trinajstić information content (AvgIpc) is 2.37. The van der Waals surface area contributed by atoms with Crippen LogP contribution in [0.1, 0.15) is 45.6 Å². The van der Waals surface area contributed by atoms with Crippen LogP contribution in [-0.4, -0.2) is 6.10 Å². The highest BCUT2D eigenvalue weighted by atomic mass is 16.5. The van der Waals surface area contributed by atoms with Crippen LogP contribution < -0.4 is 0 Å². The Hall–Kier alpha value is -1.08. The number of rotatable bonds is 3. The first-order valence-electron chi connectivity index (χ1n) is 6.98. The van der Waals surface area contributed by atoms with Crippen LogP contribution in [-0.2, 0) is 11.3 Å². The van der Waals surface area contributed by atoms with E-state index in [4.69, 9.17) is 4.74 Å². The molecule has 18 heavy (non-hydrogen) atoms. The molecule has 0 aliphatic heterocycles. The van der Waals surface area contributed by atoms with Crippen molar-refractivity contribution >= 4 is 0 Å². The standard InChI is InChI=1S/C17H24O/c1-13(2)16-10-9-14(3)11-17(16)18-12-15-7-5-4-6-8-15/h4-8,14,17H,9-12H2,1-3H3. The molecule has 0 N–H and O–H groups in total. The van der Waals surface area contributed by atoms with Gasteiger partial charge in [0.15, 0.2) is 0 Å². The number of allylic oxidation sites excluding steroid dienone is 1. The molecule has 0 amide bonds.